The minimum absolute atomic E-state index is 0.0293. The zero-order chi connectivity index (χ0) is 37.9. The number of carbonyl (C=O) groups is 2. The third-order valence-electron chi connectivity index (χ3n) is 8.81. The molecule has 0 radical (unpaired) electrons. The van der Waals surface area contributed by atoms with E-state index in [1.165, 1.54) is 38.5 Å². The Bertz CT molecular complexity index is 967. The van der Waals surface area contributed by atoms with Crippen molar-refractivity contribution >= 4 is 19.4 Å². The highest BCUT2D eigenvalue weighted by Gasteiger charge is 2.49. The molecular weight excluding hydrogens is 665 g/mol. The summed E-state index contributed by atoms with van der Waals surface area (Å²) in [5.74, 6) is -1.60. The molecule has 0 rings (SSSR count). The van der Waals surface area contributed by atoms with E-state index >= 15 is 0 Å². The first-order chi connectivity index (χ1) is 24.7. The molecule has 0 aromatic rings. The molecule has 0 saturated heterocycles. The third-order valence-corrected chi connectivity index (χ3v) is 9.79. The normalized spacial score (nSPS) is 15.3. The van der Waals surface area contributed by atoms with Gasteiger partial charge in [0.1, 0.15) is 6.10 Å². The second kappa shape index (κ2) is 34.1. The Labute approximate surface area is 310 Å². The molecule has 0 aromatic heterocycles. The van der Waals surface area contributed by atoms with E-state index in [4.69, 9.17) is 10.3 Å². The average Bonchev–Trinajstić information content (AvgIpc) is 3.12. The van der Waals surface area contributed by atoms with Crippen LogP contribution in [0.2, 0.25) is 0 Å². The summed E-state index contributed by atoms with van der Waals surface area (Å²) in [5.41, 5.74) is 2.57. The first-order valence-electron chi connectivity index (χ1n) is 20.0. The van der Waals surface area contributed by atoms with Gasteiger partial charge < -0.3 is 20.8 Å². The number of Topliss-reactive ketones (excluding diaryl/α,β-unsaturated/α-hetero) is 2. The summed E-state index contributed by atoms with van der Waals surface area (Å²) in [6.07, 6.45) is 37.6. The van der Waals surface area contributed by atoms with Crippen molar-refractivity contribution in [3.8, 4) is 0 Å². The maximum absolute atomic E-state index is 13.2. The number of ketones is 2. The van der Waals surface area contributed by atoms with Gasteiger partial charge in [0.15, 0.2) is 11.6 Å². The highest BCUT2D eigenvalue weighted by Crippen LogP contribution is 2.43. The van der Waals surface area contributed by atoms with Gasteiger partial charge in [-0.05, 0) is 77.0 Å². The van der Waals surface area contributed by atoms with Crippen LogP contribution in [0.25, 0.3) is 0 Å². The second-order valence-corrected chi connectivity index (χ2v) is 14.9. The van der Waals surface area contributed by atoms with E-state index in [1.54, 1.807) is 0 Å². The van der Waals surface area contributed by atoms with Crippen molar-refractivity contribution in [2.24, 2.45) is 5.73 Å². The number of nitrogens with two attached hydrogens (primary N) is 1. The fraction of sp³-hybridized carbons (Fsp3) is 0.756. The van der Waals surface area contributed by atoms with Crippen LogP contribution in [0.3, 0.4) is 0 Å². The molecule has 0 fully saturated rings. The molecule has 0 spiro atoms. The van der Waals surface area contributed by atoms with E-state index in [9.17, 15) is 29.3 Å². The Kier molecular flexibility index (Phi) is 32.9. The molecule has 9 nitrogen and oxygen atoms in total. The minimum atomic E-state index is -4.59. The van der Waals surface area contributed by atoms with E-state index in [-0.39, 0.29) is 26.0 Å². The lowest BCUT2D eigenvalue weighted by molar-refractivity contribution is -0.166. The third kappa shape index (κ3) is 27.5. The number of rotatable bonds is 37. The van der Waals surface area contributed by atoms with Crippen molar-refractivity contribution in [2.75, 3.05) is 19.8 Å². The Morgan fingerprint density at radius 2 is 1.00 bits per heavy atom. The van der Waals surface area contributed by atoms with E-state index in [0.29, 0.717) is 12.8 Å². The largest absolute Gasteiger partial charge is 0.472 e. The number of allylic oxidation sites excluding steroid dienone is 8. The van der Waals surface area contributed by atoms with Crippen LogP contribution in [0.1, 0.15) is 168 Å². The van der Waals surface area contributed by atoms with Gasteiger partial charge in [0.05, 0.1) is 13.2 Å². The predicted octanol–water partition coefficient (Wildman–Crippen LogP) is 9.94. The lowest BCUT2D eigenvalue weighted by atomic mass is 9.82. The maximum Gasteiger partial charge on any atom is 0.472 e. The zero-order valence-electron chi connectivity index (χ0n) is 32.2. The van der Waals surface area contributed by atoms with E-state index < -0.39 is 37.7 Å². The van der Waals surface area contributed by atoms with Crippen LogP contribution in [-0.4, -0.2) is 58.1 Å². The van der Waals surface area contributed by atoms with Crippen molar-refractivity contribution in [1.29, 1.82) is 0 Å². The Balaban J connectivity index is 4.69. The van der Waals surface area contributed by atoms with Gasteiger partial charge in [0.25, 0.3) is 0 Å². The molecule has 1 unspecified atom stereocenters. The first-order valence-corrected chi connectivity index (χ1v) is 21.5. The molecule has 0 aliphatic rings. The number of aliphatic hydroxyl groups excluding tert-OH is 1. The average molecular weight is 740 g/mol. The number of phosphoric ester groups is 1. The number of unbranched alkanes of at least 4 members (excludes halogenated alkanes) is 16. The molecule has 296 valence electrons. The standard InChI is InChI=1S/C41H74NO8P/c1-3-5-7-9-11-13-15-17-19-21-23-25-27-29-31-33-38(43)41(46,40(45)37-50-51(47,48)49-36-35-42)39(44)34-32-30-28-26-24-22-20-18-16-14-12-10-8-6-4-2/h11-14,17-20,40,45-46H,3-10,15-16,21-37,42H2,1-2H3,(H,47,48)/t40-,41?/m0/s1. The van der Waals surface area contributed by atoms with Gasteiger partial charge in [0, 0.05) is 19.4 Å². The molecule has 0 amide bonds. The van der Waals surface area contributed by atoms with Crippen LogP contribution in [0.15, 0.2) is 48.6 Å². The summed E-state index contributed by atoms with van der Waals surface area (Å²) < 4.78 is 21.6. The molecule has 2 atom stereocenters. The van der Waals surface area contributed by atoms with Gasteiger partial charge in [-0.1, -0.05) is 127 Å². The van der Waals surface area contributed by atoms with E-state index in [0.717, 1.165) is 89.9 Å². The molecule has 0 saturated carbocycles. The van der Waals surface area contributed by atoms with Gasteiger partial charge in [-0.25, -0.2) is 4.57 Å². The number of carbonyl (C=O) groups excluding carboxylic acids is 2. The smallest absolute Gasteiger partial charge is 0.387 e. The molecule has 10 heteroatoms. The summed E-state index contributed by atoms with van der Waals surface area (Å²) in [5, 5.41) is 22.1. The maximum atomic E-state index is 13.2. The Morgan fingerprint density at radius 1 is 0.627 bits per heavy atom. The van der Waals surface area contributed by atoms with Crippen molar-refractivity contribution in [3.05, 3.63) is 48.6 Å². The van der Waals surface area contributed by atoms with E-state index in [2.05, 4.69) is 67.0 Å². The molecule has 51 heavy (non-hydrogen) atoms. The second-order valence-electron chi connectivity index (χ2n) is 13.5. The summed E-state index contributed by atoms with van der Waals surface area (Å²) >= 11 is 0. The molecular formula is C41H74NO8P. The zero-order valence-corrected chi connectivity index (χ0v) is 33.1. The SMILES string of the molecule is CCCCCC=CCC=CCCCCCCCC(=O)C(O)(C(=O)CCCCCCCC=CCC=CCCCCC)[C@@H](O)COP(=O)(O)OCCN. The molecule has 5 N–H and O–H groups in total. The van der Waals surface area contributed by atoms with Gasteiger partial charge in [-0.3, -0.25) is 18.6 Å². The molecule has 0 aliphatic heterocycles. The van der Waals surface area contributed by atoms with Crippen LogP contribution in [0.4, 0.5) is 0 Å². The lowest BCUT2D eigenvalue weighted by Gasteiger charge is -2.30. The Morgan fingerprint density at radius 3 is 1.39 bits per heavy atom. The molecule has 0 aliphatic carbocycles. The predicted molar refractivity (Wildman–Crippen MR) is 210 cm³/mol. The fourth-order valence-corrected chi connectivity index (χ4v) is 6.33. The van der Waals surface area contributed by atoms with Gasteiger partial charge >= 0.3 is 7.82 Å². The van der Waals surface area contributed by atoms with Crippen LogP contribution < -0.4 is 5.73 Å². The van der Waals surface area contributed by atoms with Crippen molar-refractivity contribution in [3.63, 3.8) is 0 Å². The number of aliphatic hydroxyl groups is 2. The number of hydrogen-bond donors (Lipinski definition) is 4. The fourth-order valence-electron chi connectivity index (χ4n) is 5.59. The lowest BCUT2D eigenvalue weighted by Crippen LogP contribution is -2.57. The molecule has 0 bridgehead atoms. The van der Waals surface area contributed by atoms with Crippen molar-refractivity contribution in [2.45, 2.75) is 180 Å². The van der Waals surface area contributed by atoms with Gasteiger partial charge in [0.2, 0.25) is 5.60 Å². The van der Waals surface area contributed by atoms with Gasteiger partial charge in [-0.2, -0.15) is 0 Å². The van der Waals surface area contributed by atoms with Crippen LogP contribution >= 0.6 is 7.82 Å². The summed E-state index contributed by atoms with van der Waals surface area (Å²) in [4.78, 5) is 36.3. The van der Waals surface area contributed by atoms with Crippen LogP contribution in [-0.2, 0) is 23.2 Å². The first kappa shape index (κ1) is 49.3. The summed E-state index contributed by atoms with van der Waals surface area (Å²) in [7, 11) is -4.59. The molecule has 0 heterocycles. The van der Waals surface area contributed by atoms with Crippen LogP contribution in [0.5, 0.6) is 0 Å². The highest BCUT2D eigenvalue weighted by molar-refractivity contribution is 7.47. The van der Waals surface area contributed by atoms with Crippen LogP contribution in [0, 0.1) is 0 Å². The summed E-state index contributed by atoms with van der Waals surface area (Å²) in [6.45, 7) is 3.21. The Hall–Kier alpha value is -1.71. The van der Waals surface area contributed by atoms with Gasteiger partial charge in [-0.15, -0.1) is 0 Å². The highest BCUT2D eigenvalue weighted by atomic mass is 31.2. The van der Waals surface area contributed by atoms with Crippen molar-refractivity contribution in [1.82, 2.24) is 0 Å². The number of hydrogen-bond acceptors (Lipinski definition) is 8. The quantitative estimate of drug-likeness (QED) is 0.0211. The topological polar surface area (TPSA) is 156 Å². The van der Waals surface area contributed by atoms with Crippen molar-refractivity contribution < 1.29 is 38.3 Å². The summed E-state index contributed by atoms with van der Waals surface area (Å²) in [6, 6.07) is 0. The molecule has 0 aromatic carbocycles. The number of phosphoric acid groups is 1. The van der Waals surface area contributed by atoms with E-state index in [1.807, 2.05) is 0 Å². The minimum Gasteiger partial charge on any atom is -0.387 e. The monoisotopic (exact) mass is 740 g/mol.